The zero-order valence-electron chi connectivity index (χ0n) is 11.7. The Morgan fingerprint density at radius 2 is 2.28 bits per heavy atom. The fourth-order valence-electron chi connectivity index (χ4n) is 2.91. The largest absolute Gasteiger partial charge is 0.480 e. The number of likely N-dealkylation sites (N-methyl/N-ethyl adjacent to an activating group) is 2. The van der Waals surface area contributed by atoms with Crippen molar-refractivity contribution >= 4 is 5.97 Å². The van der Waals surface area contributed by atoms with Crippen molar-refractivity contribution in [1.82, 2.24) is 10.2 Å². The van der Waals surface area contributed by atoms with Crippen LogP contribution in [0.15, 0.2) is 0 Å². The summed E-state index contributed by atoms with van der Waals surface area (Å²) in [5, 5.41) is 12.6. The molecule has 1 aliphatic carbocycles. The highest BCUT2D eigenvalue weighted by atomic mass is 16.5. The van der Waals surface area contributed by atoms with E-state index >= 15 is 0 Å². The van der Waals surface area contributed by atoms with Gasteiger partial charge in [0.25, 0.3) is 0 Å². The van der Waals surface area contributed by atoms with Gasteiger partial charge in [-0.3, -0.25) is 9.69 Å². The van der Waals surface area contributed by atoms with Gasteiger partial charge in [-0.05, 0) is 32.4 Å². The van der Waals surface area contributed by atoms with E-state index in [1.54, 1.807) is 7.11 Å². The summed E-state index contributed by atoms with van der Waals surface area (Å²) in [6.45, 7) is 7.29. The molecule has 0 radical (unpaired) electrons. The number of nitrogens with zero attached hydrogens (tertiary/aromatic N) is 1. The van der Waals surface area contributed by atoms with Gasteiger partial charge in [0, 0.05) is 19.7 Å². The molecule has 106 valence electrons. The van der Waals surface area contributed by atoms with Crippen molar-refractivity contribution in [2.75, 3.05) is 33.4 Å². The zero-order valence-corrected chi connectivity index (χ0v) is 11.7. The number of carboxylic acid groups (broad SMARTS) is 1. The second kappa shape index (κ2) is 7.07. The van der Waals surface area contributed by atoms with Gasteiger partial charge in [0.15, 0.2) is 0 Å². The monoisotopic (exact) mass is 258 g/mol. The molecule has 0 aliphatic heterocycles. The van der Waals surface area contributed by atoms with Crippen LogP contribution in [0.4, 0.5) is 0 Å². The predicted molar refractivity (Wildman–Crippen MR) is 70.8 cm³/mol. The Morgan fingerprint density at radius 3 is 2.78 bits per heavy atom. The highest BCUT2D eigenvalue weighted by Crippen LogP contribution is 2.33. The van der Waals surface area contributed by atoms with E-state index in [0.717, 1.165) is 19.5 Å². The van der Waals surface area contributed by atoms with Crippen molar-refractivity contribution in [3.05, 3.63) is 0 Å². The summed E-state index contributed by atoms with van der Waals surface area (Å²) >= 11 is 0. The van der Waals surface area contributed by atoms with E-state index in [4.69, 9.17) is 4.74 Å². The van der Waals surface area contributed by atoms with Crippen LogP contribution in [0.5, 0.6) is 0 Å². The average molecular weight is 258 g/mol. The first-order chi connectivity index (χ1) is 8.59. The Bertz CT molecular complexity index is 273. The van der Waals surface area contributed by atoms with Gasteiger partial charge in [-0.2, -0.15) is 0 Å². The van der Waals surface area contributed by atoms with E-state index in [1.165, 1.54) is 0 Å². The van der Waals surface area contributed by atoms with Gasteiger partial charge in [-0.15, -0.1) is 0 Å². The molecule has 0 amide bonds. The Morgan fingerprint density at radius 1 is 1.56 bits per heavy atom. The molecule has 2 N–H and O–H groups in total. The van der Waals surface area contributed by atoms with Crippen LogP contribution in [0.25, 0.3) is 0 Å². The number of methoxy groups -OCH3 is 1. The number of aliphatic carboxylic acids is 1. The third-order valence-electron chi connectivity index (χ3n) is 3.92. The molecule has 18 heavy (non-hydrogen) atoms. The maximum Gasteiger partial charge on any atom is 0.323 e. The Labute approximate surface area is 109 Å². The molecule has 0 aromatic heterocycles. The number of rotatable bonds is 8. The van der Waals surface area contributed by atoms with Crippen molar-refractivity contribution in [3.8, 4) is 0 Å². The molecule has 2 unspecified atom stereocenters. The summed E-state index contributed by atoms with van der Waals surface area (Å²) in [5.74, 6) is -0.713. The lowest BCUT2D eigenvalue weighted by Gasteiger charge is -2.30. The topological polar surface area (TPSA) is 61.8 Å². The van der Waals surface area contributed by atoms with Gasteiger partial charge in [0.1, 0.15) is 5.54 Å². The number of nitrogens with one attached hydrogen (secondary N) is 1. The SMILES string of the molecule is CCNC1(C(=O)O)CCC(N(CC)CCOC)C1. The lowest BCUT2D eigenvalue weighted by atomic mass is 9.97. The summed E-state index contributed by atoms with van der Waals surface area (Å²) < 4.78 is 5.11. The van der Waals surface area contributed by atoms with Crippen molar-refractivity contribution in [3.63, 3.8) is 0 Å². The summed E-state index contributed by atoms with van der Waals surface area (Å²) in [7, 11) is 1.70. The maximum atomic E-state index is 11.5. The highest BCUT2D eigenvalue weighted by Gasteiger charge is 2.46. The Kier molecular flexibility index (Phi) is 6.05. The van der Waals surface area contributed by atoms with E-state index in [2.05, 4.69) is 17.1 Å². The molecule has 1 rings (SSSR count). The van der Waals surface area contributed by atoms with Crippen LogP contribution in [-0.2, 0) is 9.53 Å². The minimum atomic E-state index is -0.722. The molecule has 0 aromatic rings. The van der Waals surface area contributed by atoms with Crippen LogP contribution in [0.3, 0.4) is 0 Å². The molecule has 1 aliphatic rings. The Balaban J connectivity index is 2.63. The molecule has 5 nitrogen and oxygen atoms in total. The van der Waals surface area contributed by atoms with Crippen LogP contribution < -0.4 is 5.32 Å². The summed E-state index contributed by atoms with van der Waals surface area (Å²) in [5.41, 5.74) is -0.722. The van der Waals surface area contributed by atoms with E-state index < -0.39 is 11.5 Å². The van der Waals surface area contributed by atoms with Crippen LogP contribution in [0.1, 0.15) is 33.1 Å². The molecule has 2 atom stereocenters. The van der Waals surface area contributed by atoms with Gasteiger partial charge in [0.05, 0.1) is 6.61 Å². The van der Waals surface area contributed by atoms with Gasteiger partial charge < -0.3 is 15.2 Å². The van der Waals surface area contributed by atoms with Gasteiger partial charge in [-0.1, -0.05) is 13.8 Å². The zero-order chi connectivity index (χ0) is 13.6. The fraction of sp³-hybridized carbons (Fsp3) is 0.923. The third kappa shape index (κ3) is 3.43. The van der Waals surface area contributed by atoms with Crippen LogP contribution in [0, 0.1) is 0 Å². The first-order valence-electron chi connectivity index (χ1n) is 6.81. The van der Waals surface area contributed by atoms with E-state index in [-0.39, 0.29) is 0 Å². The molecule has 0 heterocycles. The number of hydrogen-bond acceptors (Lipinski definition) is 4. The predicted octanol–water partition coefficient (Wildman–Crippen LogP) is 0.940. The molecular formula is C13H26N2O3. The average Bonchev–Trinajstić information content (AvgIpc) is 2.76. The standard InChI is InChI=1S/C13H26N2O3/c1-4-14-13(12(16)17)7-6-11(10-13)15(5-2)8-9-18-3/h11,14H,4-10H2,1-3H3,(H,16,17). The van der Waals surface area contributed by atoms with E-state index in [9.17, 15) is 9.90 Å². The minimum Gasteiger partial charge on any atom is -0.480 e. The summed E-state index contributed by atoms with van der Waals surface area (Å²) in [6.07, 6.45) is 2.34. The third-order valence-corrected chi connectivity index (χ3v) is 3.92. The smallest absolute Gasteiger partial charge is 0.323 e. The molecule has 0 aromatic carbocycles. The van der Waals surface area contributed by atoms with Crippen LogP contribution in [-0.4, -0.2) is 60.9 Å². The summed E-state index contributed by atoms with van der Waals surface area (Å²) in [6, 6.07) is 0.347. The van der Waals surface area contributed by atoms with Crippen LogP contribution >= 0.6 is 0 Å². The molecule has 0 saturated heterocycles. The van der Waals surface area contributed by atoms with E-state index in [0.29, 0.717) is 32.0 Å². The fourth-order valence-corrected chi connectivity index (χ4v) is 2.91. The molecule has 1 saturated carbocycles. The van der Waals surface area contributed by atoms with Crippen molar-refractivity contribution in [1.29, 1.82) is 0 Å². The first kappa shape index (κ1) is 15.4. The molecule has 5 heteroatoms. The molecular weight excluding hydrogens is 232 g/mol. The number of carboxylic acids is 1. The lowest BCUT2D eigenvalue weighted by Crippen LogP contribution is -2.51. The van der Waals surface area contributed by atoms with Crippen LogP contribution in [0.2, 0.25) is 0 Å². The van der Waals surface area contributed by atoms with Crippen molar-refractivity contribution < 1.29 is 14.6 Å². The van der Waals surface area contributed by atoms with Gasteiger partial charge in [-0.25, -0.2) is 0 Å². The first-order valence-corrected chi connectivity index (χ1v) is 6.81. The maximum absolute atomic E-state index is 11.5. The minimum absolute atomic E-state index is 0.347. The quantitative estimate of drug-likeness (QED) is 0.678. The van der Waals surface area contributed by atoms with Gasteiger partial charge in [0.2, 0.25) is 0 Å². The summed E-state index contributed by atoms with van der Waals surface area (Å²) in [4.78, 5) is 13.8. The molecule has 0 spiro atoms. The Hall–Kier alpha value is -0.650. The normalized spacial score (nSPS) is 27.9. The van der Waals surface area contributed by atoms with Crippen molar-refractivity contribution in [2.24, 2.45) is 0 Å². The van der Waals surface area contributed by atoms with Gasteiger partial charge >= 0.3 is 5.97 Å². The second-order valence-electron chi connectivity index (χ2n) is 4.94. The van der Waals surface area contributed by atoms with Crippen molar-refractivity contribution in [2.45, 2.75) is 44.7 Å². The highest BCUT2D eigenvalue weighted by molar-refractivity contribution is 5.79. The molecule has 1 fully saturated rings. The lowest BCUT2D eigenvalue weighted by molar-refractivity contribution is -0.144. The number of ether oxygens (including phenoxy) is 1. The second-order valence-corrected chi connectivity index (χ2v) is 4.94. The number of hydrogen-bond donors (Lipinski definition) is 2. The van der Waals surface area contributed by atoms with E-state index in [1.807, 2.05) is 6.92 Å². The number of carbonyl (C=O) groups is 1. The molecule has 0 bridgehead atoms.